The Kier molecular flexibility index (Phi) is 6.38. The van der Waals surface area contributed by atoms with Crippen molar-refractivity contribution < 1.29 is 31.9 Å². The first-order chi connectivity index (χ1) is 13.0. The van der Waals surface area contributed by atoms with Gasteiger partial charge in [-0.2, -0.15) is 0 Å². The average molecular weight is 397 g/mol. The lowest BCUT2D eigenvalue weighted by Gasteiger charge is -2.30. The first-order valence-corrected chi connectivity index (χ1v) is 10.2. The highest BCUT2D eigenvalue weighted by atomic mass is 32.2. The van der Waals surface area contributed by atoms with Gasteiger partial charge in [0.05, 0.1) is 45.1 Å². The zero-order valence-electron chi connectivity index (χ0n) is 15.4. The van der Waals surface area contributed by atoms with Crippen LogP contribution in [-0.2, 0) is 14.8 Å². The van der Waals surface area contributed by atoms with Gasteiger partial charge in [-0.3, -0.25) is 0 Å². The Bertz CT molecular complexity index is 832. The minimum absolute atomic E-state index is 0.121. The maximum Gasteiger partial charge on any atom is 0.240 e. The summed E-state index contributed by atoms with van der Waals surface area (Å²) in [5, 5.41) is 0. The number of benzene rings is 1. The summed E-state index contributed by atoms with van der Waals surface area (Å²) in [7, 11) is -0.742. The minimum atomic E-state index is -3.71. The van der Waals surface area contributed by atoms with Crippen LogP contribution >= 0.6 is 0 Å². The van der Waals surface area contributed by atoms with E-state index in [1.165, 1.54) is 31.3 Å². The van der Waals surface area contributed by atoms with Crippen molar-refractivity contribution in [2.75, 3.05) is 47.1 Å². The second-order valence-electron chi connectivity index (χ2n) is 6.21. The molecule has 0 unspecified atom stereocenters. The predicted octanol–water partition coefficient (Wildman–Crippen LogP) is 0.232. The van der Waals surface area contributed by atoms with Crippen LogP contribution in [0.25, 0.3) is 0 Å². The molecule has 1 fully saturated rings. The molecule has 0 amide bonds. The van der Waals surface area contributed by atoms with E-state index in [2.05, 4.69) is 4.72 Å². The van der Waals surface area contributed by atoms with E-state index in [4.69, 9.17) is 18.6 Å². The third-order valence-electron chi connectivity index (χ3n) is 4.66. The highest BCUT2D eigenvalue weighted by molar-refractivity contribution is 7.89. The molecule has 1 saturated heterocycles. The van der Waals surface area contributed by atoms with Crippen molar-refractivity contribution in [3.05, 3.63) is 42.4 Å². The molecule has 1 aromatic carbocycles. The smallest absolute Gasteiger partial charge is 0.240 e. The van der Waals surface area contributed by atoms with Gasteiger partial charge in [0.25, 0.3) is 0 Å². The largest absolute Gasteiger partial charge is 0.493 e. The van der Waals surface area contributed by atoms with E-state index >= 15 is 0 Å². The summed E-state index contributed by atoms with van der Waals surface area (Å²) in [6.07, 6.45) is 1.60. The molecule has 1 aromatic heterocycles. The fourth-order valence-corrected chi connectivity index (χ4v) is 4.24. The van der Waals surface area contributed by atoms with Crippen molar-refractivity contribution >= 4 is 10.0 Å². The van der Waals surface area contributed by atoms with Gasteiger partial charge in [0.1, 0.15) is 13.1 Å². The van der Waals surface area contributed by atoms with E-state index in [0.717, 1.165) is 18.8 Å². The Balaban J connectivity index is 1.77. The lowest BCUT2D eigenvalue weighted by molar-refractivity contribution is -0.938. The number of furan rings is 1. The molecule has 148 valence electrons. The molecule has 3 rings (SSSR count). The van der Waals surface area contributed by atoms with Crippen LogP contribution in [0.4, 0.5) is 0 Å². The Labute approximate surface area is 159 Å². The number of sulfonamides is 1. The lowest BCUT2D eigenvalue weighted by Crippen LogP contribution is -3.15. The van der Waals surface area contributed by atoms with E-state index in [1.807, 2.05) is 12.1 Å². The SMILES string of the molecule is COc1ccc(S(=O)(=O)NC[C@H](c2ccco2)[NH+]2CCOCC2)cc1OC. The Morgan fingerprint density at radius 1 is 1.15 bits per heavy atom. The second-order valence-corrected chi connectivity index (χ2v) is 7.97. The van der Waals surface area contributed by atoms with E-state index < -0.39 is 10.0 Å². The molecule has 2 aromatic rings. The first kappa shape index (κ1) is 19.7. The third-order valence-corrected chi connectivity index (χ3v) is 6.08. The second kappa shape index (κ2) is 8.75. The van der Waals surface area contributed by atoms with Gasteiger partial charge in [0.2, 0.25) is 10.0 Å². The first-order valence-electron chi connectivity index (χ1n) is 8.72. The van der Waals surface area contributed by atoms with E-state index in [9.17, 15) is 8.42 Å². The molecular weight excluding hydrogens is 372 g/mol. The fraction of sp³-hybridized carbons (Fsp3) is 0.444. The highest BCUT2D eigenvalue weighted by Crippen LogP contribution is 2.29. The zero-order chi connectivity index (χ0) is 19.3. The number of hydrogen-bond donors (Lipinski definition) is 2. The summed E-state index contributed by atoms with van der Waals surface area (Å²) in [5.74, 6) is 1.59. The number of nitrogens with one attached hydrogen (secondary N) is 2. The van der Waals surface area contributed by atoms with Crippen molar-refractivity contribution in [1.29, 1.82) is 0 Å². The molecule has 0 spiro atoms. The van der Waals surface area contributed by atoms with Crippen LogP contribution in [0.5, 0.6) is 11.5 Å². The third kappa shape index (κ3) is 4.62. The molecule has 1 atom stereocenters. The van der Waals surface area contributed by atoms with Crippen LogP contribution in [0, 0.1) is 0 Å². The number of hydrogen-bond acceptors (Lipinski definition) is 6. The quantitative estimate of drug-likeness (QED) is 0.663. The zero-order valence-corrected chi connectivity index (χ0v) is 16.3. The predicted molar refractivity (Wildman–Crippen MR) is 97.7 cm³/mol. The van der Waals surface area contributed by atoms with Crippen molar-refractivity contribution in [3.8, 4) is 11.5 Å². The van der Waals surface area contributed by atoms with Crippen LogP contribution in [0.1, 0.15) is 11.8 Å². The van der Waals surface area contributed by atoms with E-state index in [1.54, 1.807) is 12.3 Å². The molecule has 0 aliphatic carbocycles. The molecule has 0 radical (unpaired) electrons. The average Bonchev–Trinajstić information content (AvgIpc) is 3.22. The van der Waals surface area contributed by atoms with Crippen molar-refractivity contribution in [3.63, 3.8) is 0 Å². The van der Waals surface area contributed by atoms with Gasteiger partial charge < -0.3 is 23.5 Å². The van der Waals surface area contributed by atoms with Crippen molar-refractivity contribution in [2.24, 2.45) is 0 Å². The van der Waals surface area contributed by atoms with Crippen LogP contribution in [-0.4, -0.2) is 55.5 Å². The lowest BCUT2D eigenvalue weighted by atomic mass is 10.2. The topological polar surface area (TPSA) is 91.4 Å². The van der Waals surface area contributed by atoms with Gasteiger partial charge in [-0.15, -0.1) is 0 Å². The van der Waals surface area contributed by atoms with Crippen LogP contribution < -0.4 is 19.1 Å². The van der Waals surface area contributed by atoms with Crippen LogP contribution in [0.3, 0.4) is 0 Å². The summed E-state index contributed by atoms with van der Waals surface area (Å²) in [4.78, 5) is 1.35. The van der Waals surface area contributed by atoms with Crippen LogP contribution in [0.2, 0.25) is 0 Å². The van der Waals surface area contributed by atoms with E-state index in [-0.39, 0.29) is 17.5 Å². The number of quaternary nitrogens is 1. The normalized spacial score (nSPS) is 16.8. The summed E-state index contributed by atoms with van der Waals surface area (Å²) in [6.45, 7) is 3.11. The summed E-state index contributed by atoms with van der Waals surface area (Å²) >= 11 is 0. The van der Waals surface area contributed by atoms with Gasteiger partial charge in [0.15, 0.2) is 23.3 Å². The molecular formula is C18H25N2O6S+. The summed E-state index contributed by atoms with van der Waals surface area (Å²) in [6, 6.07) is 8.07. The minimum Gasteiger partial charge on any atom is -0.493 e. The number of ether oxygens (including phenoxy) is 3. The maximum atomic E-state index is 12.8. The monoisotopic (exact) mass is 397 g/mol. The molecule has 27 heavy (non-hydrogen) atoms. The molecule has 0 bridgehead atoms. The highest BCUT2D eigenvalue weighted by Gasteiger charge is 2.30. The van der Waals surface area contributed by atoms with Gasteiger partial charge in [-0.1, -0.05) is 0 Å². The van der Waals surface area contributed by atoms with Crippen molar-refractivity contribution in [1.82, 2.24) is 4.72 Å². The number of morpholine rings is 1. The fourth-order valence-electron chi connectivity index (χ4n) is 3.18. The Morgan fingerprint density at radius 3 is 2.52 bits per heavy atom. The molecule has 2 heterocycles. The molecule has 0 saturated carbocycles. The molecule has 1 aliphatic rings. The molecule has 1 aliphatic heterocycles. The maximum absolute atomic E-state index is 12.8. The Hall–Kier alpha value is -2.07. The molecule has 9 heteroatoms. The molecule has 8 nitrogen and oxygen atoms in total. The number of rotatable bonds is 8. The standard InChI is InChI=1S/C18H24N2O6S/c1-23-17-6-5-14(12-18(17)24-2)27(21,22)19-13-15(16-4-3-9-26-16)20-7-10-25-11-8-20/h3-6,9,12,15,19H,7-8,10-11,13H2,1-2H3/p+1/t15-/m1/s1. The van der Waals surface area contributed by atoms with Gasteiger partial charge in [-0.25, -0.2) is 13.1 Å². The van der Waals surface area contributed by atoms with Gasteiger partial charge in [0, 0.05) is 6.07 Å². The van der Waals surface area contributed by atoms with Gasteiger partial charge in [-0.05, 0) is 24.3 Å². The van der Waals surface area contributed by atoms with E-state index in [0.29, 0.717) is 24.7 Å². The Morgan fingerprint density at radius 2 is 1.89 bits per heavy atom. The summed E-state index contributed by atoms with van der Waals surface area (Å²) in [5.41, 5.74) is 0. The van der Waals surface area contributed by atoms with Crippen LogP contribution in [0.15, 0.2) is 45.9 Å². The summed E-state index contributed by atoms with van der Waals surface area (Å²) < 4.78 is 49.6. The molecule has 2 N–H and O–H groups in total. The number of methoxy groups -OCH3 is 2. The van der Waals surface area contributed by atoms with Crippen molar-refractivity contribution in [2.45, 2.75) is 10.9 Å². The van der Waals surface area contributed by atoms with Gasteiger partial charge >= 0.3 is 0 Å².